The number of aromatic nitrogens is 1. The quantitative estimate of drug-likeness (QED) is 0.388. The van der Waals surface area contributed by atoms with Gasteiger partial charge >= 0.3 is 0 Å². The average molecular weight is 541 g/mol. The second-order valence-corrected chi connectivity index (χ2v) is 14.3. The minimum absolute atomic E-state index is 0.165. The molecule has 40 heavy (non-hydrogen) atoms. The first-order valence-corrected chi connectivity index (χ1v) is 15.9. The first-order valence-electron chi connectivity index (χ1n) is 15.9. The Morgan fingerprint density at radius 1 is 1.10 bits per heavy atom. The van der Waals surface area contributed by atoms with E-state index in [9.17, 15) is 5.21 Å². The normalized spacial score (nSPS) is 39.2. The zero-order chi connectivity index (χ0) is 27.2. The molecule has 5 nitrogen and oxygen atoms in total. The summed E-state index contributed by atoms with van der Waals surface area (Å²) < 4.78 is 13.0. The van der Waals surface area contributed by atoms with Crippen LogP contribution in [-0.4, -0.2) is 52.3 Å². The molecule has 8 rings (SSSR count). The van der Waals surface area contributed by atoms with Crippen molar-refractivity contribution in [3.63, 3.8) is 0 Å². The minimum atomic E-state index is -0.200. The Kier molecular flexibility index (Phi) is 5.75. The number of hydrogen-bond acceptors (Lipinski definition) is 5. The van der Waals surface area contributed by atoms with Crippen molar-refractivity contribution in [1.82, 2.24) is 10.0 Å². The third-order valence-corrected chi connectivity index (χ3v) is 12.6. The van der Waals surface area contributed by atoms with E-state index in [0.29, 0.717) is 11.8 Å². The third-order valence-electron chi connectivity index (χ3n) is 12.6. The predicted molar refractivity (Wildman–Crippen MR) is 156 cm³/mol. The SMILES string of the molecule is CCC1(CCN(O)[C@@H]2CCC3=CC4=CC[C@]5(C)[C@@H](c6ccc7ccncc7c6)CC[C@H]5[C@@]45CC[C@]3(C2)O5)COC1. The van der Waals surface area contributed by atoms with Gasteiger partial charge in [-0.25, -0.2) is 0 Å². The molecular weight excluding hydrogens is 496 g/mol. The molecule has 1 N–H and O–H groups in total. The lowest BCUT2D eigenvalue weighted by Gasteiger charge is -2.54. The highest BCUT2D eigenvalue weighted by Gasteiger charge is 2.66. The van der Waals surface area contributed by atoms with Gasteiger partial charge in [-0.15, -0.1) is 0 Å². The van der Waals surface area contributed by atoms with Crippen molar-refractivity contribution in [3.05, 3.63) is 65.5 Å². The Morgan fingerprint density at radius 2 is 2.00 bits per heavy atom. The smallest absolute Gasteiger partial charge is 0.0974 e. The van der Waals surface area contributed by atoms with Crippen LogP contribution in [0.2, 0.25) is 0 Å². The number of allylic oxidation sites excluding steroid dienone is 1. The van der Waals surface area contributed by atoms with Gasteiger partial charge in [-0.2, -0.15) is 5.06 Å². The fourth-order valence-corrected chi connectivity index (χ4v) is 9.96. The number of nitrogens with zero attached hydrogens (tertiary/aromatic N) is 2. The van der Waals surface area contributed by atoms with E-state index in [-0.39, 0.29) is 28.1 Å². The maximum atomic E-state index is 11.2. The van der Waals surface area contributed by atoms with Crippen LogP contribution in [0, 0.1) is 16.7 Å². The van der Waals surface area contributed by atoms with E-state index in [2.05, 4.69) is 55.2 Å². The molecule has 5 heteroatoms. The van der Waals surface area contributed by atoms with E-state index in [0.717, 1.165) is 71.1 Å². The third kappa shape index (κ3) is 3.57. The van der Waals surface area contributed by atoms with Crippen LogP contribution in [-0.2, 0) is 9.47 Å². The Morgan fingerprint density at radius 3 is 2.83 bits per heavy atom. The summed E-state index contributed by atoms with van der Waals surface area (Å²) in [7, 11) is 0. The molecule has 6 aliphatic rings. The van der Waals surface area contributed by atoms with Crippen molar-refractivity contribution >= 4 is 10.8 Å². The molecule has 4 fully saturated rings. The highest BCUT2D eigenvalue weighted by molar-refractivity contribution is 5.82. The Hall–Kier alpha value is -2.05. The van der Waals surface area contributed by atoms with Crippen LogP contribution >= 0.6 is 0 Å². The molecule has 6 atom stereocenters. The van der Waals surface area contributed by atoms with Gasteiger partial charge < -0.3 is 14.7 Å². The molecule has 2 saturated heterocycles. The fourth-order valence-electron chi connectivity index (χ4n) is 9.96. The zero-order valence-corrected chi connectivity index (χ0v) is 24.2. The van der Waals surface area contributed by atoms with E-state index < -0.39 is 0 Å². The van der Waals surface area contributed by atoms with Crippen molar-refractivity contribution in [1.29, 1.82) is 0 Å². The van der Waals surface area contributed by atoms with Crippen LogP contribution in [0.1, 0.15) is 89.5 Å². The molecule has 2 aromatic rings. The van der Waals surface area contributed by atoms with Crippen molar-refractivity contribution in [2.24, 2.45) is 16.7 Å². The molecular formula is C35H44N2O3. The minimum Gasteiger partial charge on any atom is -0.380 e. The van der Waals surface area contributed by atoms with Crippen molar-refractivity contribution in [3.8, 4) is 0 Å². The summed E-state index contributed by atoms with van der Waals surface area (Å²) in [6.45, 7) is 7.22. The highest BCUT2D eigenvalue weighted by Crippen LogP contribution is 2.69. The van der Waals surface area contributed by atoms with Gasteiger partial charge in [0.25, 0.3) is 0 Å². The first kappa shape index (κ1) is 25.6. The molecule has 1 aromatic heterocycles. The summed E-state index contributed by atoms with van der Waals surface area (Å²) in [6, 6.07) is 9.33. The number of fused-ring (bicyclic) bond motifs is 2. The Balaban J connectivity index is 1.05. The van der Waals surface area contributed by atoms with Gasteiger partial charge in [-0.3, -0.25) is 4.98 Å². The molecule has 0 unspecified atom stereocenters. The molecule has 3 aliphatic carbocycles. The summed E-state index contributed by atoms with van der Waals surface area (Å²) >= 11 is 0. The second kappa shape index (κ2) is 8.97. The highest BCUT2D eigenvalue weighted by atomic mass is 16.5. The molecule has 0 amide bonds. The lowest BCUT2D eigenvalue weighted by atomic mass is 9.58. The van der Waals surface area contributed by atoms with Crippen molar-refractivity contribution < 1.29 is 14.7 Å². The van der Waals surface area contributed by atoms with Crippen LogP contribution in [0.4, 0.5) is 0 Å². The van der Waals surface area contributed by atoms with Gasteiger partial charge in [-0.1, -0.05) is 38.1 Å². The van der Waals surface area contributed by atoms with Gasteiger partial charge in [0, 0.05) is 35.8 Å². The molecule has 3 aliphatic heterocycles. The molecule has 2 bridgehead atoms. The fraction of sp³-hybridized carbons (Fsp3) is 0.629. The molecule has 0 radical (unpaired) electrons. The number of hydroxylamine groups is 2. The maximum Gasteiger partial charge on any atom is 0.0974 e. The summed E-state index contributed by atoms with van der Waals surface area (Å²) in [5.74, 6) is 1.06. The largest absolute Gasteiger partial charge is 0.380 e. The summed E-state index contributed by atoms with van der Waals surface area (Å²) in [5, 5.41) is 15.4. The number of rotatable bonds is 6. The van der Waals surface area contributed by atoms with Crippen molar-refractivity contribution in [2.45, 2.75) is 101 Å². The van der Waals surface area contributed by atoms with Gasteiger partial charge in [-0.05, 0) is 116 Å². The van der Waals surface area contributed by atoms with Gasteiger partial charge in [0.15, 0.2) is 0 Å². The van der Waals surface area contributed by atoms with E-state index in [1.165, 1.54) is 40.3 Å². The Labute approximate surface area is 238 Å². The van der Waals surface area contributed by atoms with Gasteiger partial charge in [0.1, 0.15) is 0 Å². The first-order chi connectivity index (χ1) is 19.4. The van der Waals surface area contributed by atoms with Crippen molar-refractivity contribution in [2.75, 3.05) is 19.8 Å². The number of hydrogen-bond donors (Lipinski definition) is 1. The number of benzene rings is 1. The summed E-state index contributed by atoms with van der Waals surface area (Å²) in [5.41, 5.74) is 4.52. The zero-order valence-electron chi connectivity index (χ0n) is 24.2. The lowest BCUT2D eigenvalue weighted by Crippen LogP contribution is -2.55. The van der Waals surface area contributed by atoms with Crippen LogP contribution in [0.5, 0.6) is 0 Å². The number of pyridine rings is 1. The van der Waals surface area contributed by atoms with E-state index in [1.54, 1.807) is 5.06 Å². The predicted octanol–water partition coefficient (Wildman–Crippen LogP) is 7.35. The second-order valence-electron chi connectivity index (χ2n) is 14.3. The van der Waals surface area contributed by atoms with Gasteiger partial charge in [0.2, 0.25) is 0 Å². The summed E-state index contributed by atoms with van der Waals surface area (Å²) in [4.78, 5) is 4.39. The van der Waals surface area contributed by atoms with E-state index in [1.807, 2.05) is 12.4 Å². The molecule has 4 heterocycles. The lowest BCUT2D eigenvalue weighted by molar-refractivity contribution is -0.189. The van der Waals surface area contributed by atoms with Crippen LogP contribution < -0.4 is 0 Å². The molecule has 212 valence electrons. The topological polar surface area (TPSA) is 54.8 Å². The monoisotopic (exact) mass is 540 g/mol. The number of ether oxygens (including phenoxy) is 2. The van der Waals surface area contributed by atoms with Gasteiger partial charge in [0.05, 0.1) is 24.4 Å². The molecule has 1 aromatic carbocycles. The van der Waals surface area contributed by atoms with Crippen LogP contribution in [0.3, 0.4) is 0 Å². The van der Waals surface area contributed by atoms with Crippen LogP contribution in [0.15, 0.2) is 60.0 Å². The standard InChI is InChI=1S/C35H44N2O3/c1-3-33(22-39-23-33)15-17-37(38)29-7-6-27-19-28-10-12-32(2)30(25-5-4-24-11-16-36-21-26(24)18-25)8-9-31(32)35(28)14-13-34(27,20-29)40-35/h4-5,10-11,16,18-19,21,29-31,38H,3,6-9,12-15,17,20,22-23H2,1-2H3/t29-,30-,31-,32-,34-,35-/m1/s1. The van der Waals surface area contributed by atoms with E-state index in [4.69, 9.17) is 9.47 Å². The van der Waals surface area contributed by atoms with Crippen LogP contribution in [0.25, 0.3) is 10.8 Å². The summed E-state index contributed by atoms with van der Waals surface area (Å²) in [6.07, 6.45) is 19.9. The van der Waals surface area contributed by atoms with E-state index >= 15 is 0 Å². The average Bonchev–Trinajstić information content (AvgIpc) is 3.47. The molecule has 2 saturated carbocycles. The maximum absolute atomic E-state index is 11.2. The Bertz CT molecular complexity index is 1390. The molecule has 2 spiro atoms.